The lowest BCUT2D eigenvalue weighted by Gasteiger charge is -2.25. The van der Waals surface area contributed by atoms with E-state index >= 15 is 0 Å². The van der Waals surface area contributed by atoms with Gasteiger partial charge in [0, 0.05) is 5.92 Å². The minimum atomic E-state index is -0.814. The molecule has 88 valence electrons. The van der Waals surface area contributed by atoms with Crippen LogP contribution in [0, 0.1) is 5.41 Å². The number of carboxylic acid groups (broad SMARTS) is 1. The Bertz CT molecular complexity index is 443. The van der Waals surface area contributed by atoms with Gasteiger partial charge < -0.3 is 5.11 Å². The van der Waals surface area contributed by atoms with Gasteiger partial charge in [0.05, 0.1) is 0 Å². The molecular formula is C15H16O2. The third kappa shape index (κ3) is 2.16. The summed E-state index contributed by atoms with van der Waals surface area (Å²) < 4.78 is 0. The van der Waals surface area contributed by atoms with Crippen LogP contribution in [0.2, 0.25) is 0 Å². The Hall–Kier alpha value is -1.83. The van der Waals surface area contributed by atoms with Gasteiger partial charge in [0.2, 0.25) is 0 Å². The molecule has 0 radical (unpaired) electrons. The molecule has 1 aromatic carbocycles. The Morgan fingerprint density at radius 2 is 1.82 bits per heavy atom. The van der Waals surface area contributed by atoms with E-state index in [2.05, 4.69) is 12.1 Å². The highest BCUT2D eigenvalue weighted by Crippen LogP contribution is 2.34. The van der Waals surface area contributed by atoms with Crippen molar-refractivity contribution in [3.8, 4) is 0 Å². The lowest BCUT2D eigenvalue weighted by atomic mass is 9.78. The number of hydrogen-bond acceptors (Lipinski definition) is 1. The molecule has 0 aromatic heterocycles. The summed E-state index contributed by atoms with van der Waals surface area (Å²) in [6, 6.07) is 10.1. The highest BCUT2D eigenvalue weighted by atomic mass is 16.4. The highest BCUT2D eigenvalue weighted by Gasteiger charge is 2.33. The molecular weight excluding hydrogens is 212 g/mol. The Morgan fingerprint density at radius 1 is 1.24 bits per heavy atom. The monoisotopic (exact) mass is 228 g/mol. The van der Waals surface area contributed by atoms with Crippen molar-refractivity contribution in [3.63, 3.8) is 0 Å². The molecule has 0 aliphatic heterocycles. The van der Waals surface area contributed by atoms with Crippen LogP contribution in [-0.4, -0.2) is 11.1 Å². The second-order valence-corrected chi connectivity index (χ2v) is 4.35. The van der Waals surface area contributed by atoms with Crippen molar-refractivity contribution in [1.82, 2.24) is 0 Å². The molecule has 0 atom stereocenters. The van der Waals surface area contributed by atoms with Crippen LogP contribution in [-0.2, 0) is 4.79 Å². The third-order valence-electron chi connectivity index (χ3n) is 3.37. The van der Waals surface area contributed by atoms with Gasteiger partial charge >= 0.3 is 5.97 Å². The maximum Gasteiger partial charge on any atom is 0.317 e. The van der Waals surface area contributed by atoms with E-state index in [1.165, 1.54) is 5.56 Å². The van der Waals surface area contributed by atoms with Gasteiger partial charge in [0.1, 0.15) is 5.41 Å². The Labute approximate surface area is 101 Å². The van der Waals surface area contributed by atoms with Gasteiger partial charge in [0.15, 0.2) is 0 Å². The maximum atomic E-state index is 11.2. The fourth-order valence-electron chi connectivity index (χ4n) is 2.10. The lowest BCUT2D eigenvalue weighted by molar-refractivity contribution is -0.143. The van der Waals surface area contributed by atoms with Gasteiger partial charge in [-0.25, -0.2) is 0 Å². The van der Waals surface area contributed by atoms with Crippen LogP contribution in [0.3, 0.4) is 0 Å². The van der Waals surface area contributed by atoms with Crippen molar-refractivity contribution in [2.75, 3.05) is 0 Å². The number of allylic oxidation sites excluding steroid dienone is 2. The predicted molar refractivity (Wildman–Crippen MR) is 67.8 cm³/mol. The van der Waals surface area contributed by atoms with Gasteiger partial charge in [-0.1, -0.05) is 61.6 Å². The van der Waals surface area contributed by atoms with Gasteiger partial charge in [-0.2, -0.15) is 0 Å². The topological polar surface area (TPSA) is 37.3 Å². The Morgan fingerprint density at radius 3 is 2.29 bits per heavy atom. The molecule has 0 fully saturated rings. The summed E-state index contributed by atoms with van der Waals surface area (Å²) in [6.45, 7) is 1.89. The van der Waals surface area contributed by atoms with Crippen LogP contribution in [0.1, 0.15) is 24.8 Å². The molecule has 17 heavy (non-hydrogen) atoms. The van der Waals surface area contributed by atoms with Crippen LogP contribution in [0.5, 0.6) is 0 Å². The average Bonchev–Trinajstić information content (AvgIpc) is 2.39. The number of aliphatic carboxylic acids is 1. The predicted octanol–water partition coefficient (Wildman–Crippen LogP) is 3.38. The standard InChI is InChI=1S/C15H16O2/c1-2-15(14(16)17)10-8-13(9-11-15)12-6-4-3-5-7-12/h3-11,13H,2H2,1H3,(H,16,17). The molecule has 0 bridgehead atoms. The average molecular weight is 228 g/mol. The van der Waals surface area contributed by atoms with Crippen LogP contribution in [0.4, 0.5) is 0 Å². The SMILES string of the molecule is CCC1(C(=O)O)C=CC(c2ccccc2)C=C1. The molecule has 1 aromatic rings. The zero-order valence-electron chi connectivity index (χ0n) is 9.84. The molecule has 2 rings (SSSR count). The lowest BCUT2D eigenvalue weighted by Crippen LogP contribution is -2.27. The summed E-state index contributed by atoms with van der Waals surface area (Å²) in [7, 11) is 0. The van der Waals surface area contributed by atoms with Gasteiger partial charge in [-0.3, -0.25) is 4.79 Å². The minimum Gasteiger partial charge on any atom is -0.480 e. The first-order valence-corrected chi connectivity index (χ1v) is 5.85. The molecule has 1 aliphatic rings. The second-order valence-electron chi connectivity index (χ2n) is 4.35. The van der Waals surface area contributed by atoms with Gasteiger partial charge in [0.25, 0.3) is 0 Å². The van der Waals surface area contributed by atoms with Crippen molar-refractivity contribution in [2.24, 2.45) is 5.41 Å². The summed E-state index contributed by atoms with van der Waals surface area (Å²) in [5.74, 6) is -0.589. The number of carbonyl (C=O) groups is 1. The molecule has 0 saturated carbocycles. The van der Waals surface area contributed by atoms with E-state index < -0.39 is 11.4 Å². The highest BCUT2D eigenvalue weighted by molar-refractivity contribution is 5.80. The van der Waals surface area contributed by atoms with Crippen LogP contribution in [0.15, 0.2) is 54.6 Å². The molecule has 0 unspecified atom stereocenters. The van der Waals surface area contributed by atoms with Crippen LogP contribution >= 0.6 is 0 Å². The third-order valence-corrected chi connectivity index (χ3v) is 3.37. The first-order valence-electron chi connectivity index (χ1n) is 5.85. The second kappa shape index (κ2) is 4.58. The zero-order valence-corrected chi connectivity index (χ0v) is 9.84. The summed E-state index contributed by atoms with van der Waals surface area (Å²) in [4.78, 5) is 11.2. The van der Waals surface area contributed by atoms with Crippen molar-refractivity contribution < 1.29 is 9.90 Å². The number of rotatable bonds is 3. The van der Waals surface area contributed by atoms with Crippen molar-refractivity contribution >= 4 is 5.97 Å². The molecule has 2 nitrogen and oxygen atoms in total. The Balaban J connectivity index is 2.24. The molecule has 0 spiro atoms. The first-order chi connectivity index (χ1) is 8.18. The maximum absolute atomic E-state index is 11.2. The summed E-state index contributed by atoms with van der Waals surface area (Å²) in [5.41, 5.74) is 0.376. The van der Waals surface area contributed by atoms with E-state index in [0.717, 1.165) is 0 Å². The van der Waals surface area contributed by atoms with Crippen molar-refractivity contribution in [3.05, 3.63) is 60.2 Å². The van der Waals surface area contributed by atoms with Gasteiger partial charge in [-0.05, 0) is 12.0 Å². The quantitative estimate of drug-likeness (QED) is 0.805. The normalized spacial score (nSPS) is 27.0. The van der Waals surface area contributed by atoms with Crippen LogP contribution in [0.25, 0.3) is 0 Å². The number of benzene rings is 1. The fourth-order valence-corrected chi connectivity index (χ4v) is 2.10. The van der Waals surface area contributed by atoms with E-state index in [4.69, 9.17) is 0 Å². The number of hydrogen-bond donors (Lipinski definition) is 1. The molecule has 0 heterocycles. The van der Waals surface area contributed by atoms with E-state index in [0.29, 0.717) is 6.42 Å². The first kappa shape index (κ1) is 11.6. The molecule has 1 N–H and O–H groups in total. The zero-order chi connectivity index (χ0) is 12.3. The largest absolute Gasteiger partial charge is 0.480 e. The summed E-state index contributed by atoms with van der Waals surface area (Å²) >= 11 is 0. The van der Waals surface area contributed by atoms with E-state index in [9.17, 15) is 9.90 Å². The summed E-state index contributed by atoms with van der Waals surface area (Å²) in [6.07, 6.45) is 8.16. The van der Waals surface area contributed by atoms with Crippen molar-refractivity contribution in [2.45, 2.75) is 19.3 Å². The van der Waals surface area contributed by atoms with E-state index in [1.54, 1.807) is 0 Å². The van der Waals surface area contributed by atoms with E-state index in [-0.39, 0.29) is 5.92 Å². The summed E-state index contributed by atoms with van der Waals surface area (Å²) in [5, 5.41) is 9.24. The minimum absolute atomic E-state index is 0.190. The molecule has 0 amide bonds. The Kier molecular flexibility index (Phi) is 3.14. The van der Waals surface area contributed by atoms with Crippen molar-refractivity contribution in [1.29, 1.82) is 0 Å². The molecule has 2 heteroatoms. The molecule has 1 aliphatic carbocycles. The fraction of sp³-hybridized carbons (Fsp3) is 0.267. The van der Waals surface area contributed by atoms with Gasteiger partial charge in [-0.15, -0.1) is 0 Å². The number of carboxylic acids is 1. The molecule has 0 saturated heterocycles. The van der Waals surface area contributed by atoms with Crippen LogP contribution < -0.4 is 0 Å². The van der Waals surface area contributed by atoms with E-state index in [1.807, 2.05) is 49.4 Å². The smallest absolute Gasteiger partial charge is 0.317 e.